The lowest BCUT2D eigenvalue weighted by Gasteiger charge is -2.07. The summed E-state index contributed by atoms with van der Waals surface area (Å²) in [6, 6.07) is 16.2. The molecule has 0 heterocycles. The van der Waals surface area contributed by atoms with Gasteiger partial charge in [0.25, 0.3) is 5.91 Å². The number of para-hydroxylation sites is 1. The van der Waals surface area contributed by atoms with E-state index in [1.165, 1.54) is 6.20 Å². The van der Waals surface area contributed by atoms with Crippen LogP contribution in [0.1, 0.15) is 5.56 Å². The minimum Gasteiger partial charge on any atom is -0.389 e. The van der Waals surface area contributed by atoms with Gasteiger partial charge in [-0.3, -0.25) is 4.79 Å². The zero-order chi connectivity index (χ0) is 17.4. The van der Waals surface area contributed by atoms with Crippen LogP contribution in [0, 0.1) is 11.3 Å². The third-order valence-corrected chi connectivity index (χ3v) is 3.75. The van der Waals surface area contributed by atoms with Crippen molar-refractivity contribution in [1.82, 2.24) is 5.32 Å². The number of hydrogen-bond donors (Lipinski definition) is 2. The Kier molecular flexibility index (Phi) is 6.68. The van der Waals surface area contributed by atoms with Gasteiger partial charge in [0.1, 0.15) is 11.6 Å². The van der Waals surface area contributed by atoms with E-state index in [0.717, 1.165) is 12.0 Å². The van der Waals surface area contributed by atoms with Gasteiger partial charge in [-0.25, -0.2) is 0 Å². The van der Waals surface area contributed by atoms with Gasteiger partial charge >= 0.3 is 0 Å². The Morgan fingerprint density at radius 3 is 2.67 bits per heavy atom. The Bertz CT molecular complexity index is 797. The van der Waals surface area contributed by atoms with Crippen molar-refractivity contribution in [2.45, 2.75) is 6.42 Å². The zero-order valence-electron chi connectivity index (χ0n) is 12.7. The summed E-state index contributed by atoms with van der Waals surface area (Å²) in [5.74, 6) is -0.513. The van der Waals surface area contributed by atoms with Crippen molar-refractivity contribution in [2.24, 2.45) is 0 Å². The van der Waals surface area contributed by atoms with E-state index < -0.39 is 5.91 Å². The summed E-state index contributed by atoms with van der Waals surface area (Å²) in [7, 11) is 0. The standard InChI is InChI=1S/C18H15Cl2N3O/c19-15-5-3-4-13(10-15)8-9-22-12-14(11-21)18(24)23-17-7-2-1-6-16(17)20/h1-7,10,12,22H,8-9H2,(H,23,24)/b14-12-. The van der Waals surface area contributed by atoms with Crippen molar-refractivity contribution in [3.05, 3.63) is 75.9 Å². The first-order valence-electron chi connectivity index (χ1n) is 7.24. The zero-order valence-corrected chi connectivity index (χ0v) is 14.2. The average molecular weight is 360 g/mol. The van der Waals surface area contributed by atoms with E-state index >= 15 is 0 Å². The maximum Gasteiger partial charge on any atom is 0.267 e. The number of anilines is 1. The predicted octanol–water partition coefficient (Wildman–Crippen LogP) is 4.17. The number of nitriles is 1. The van der Waals surface area contributed by atoms with Gasteiger partial charge in [-0.15, -0.1) is 0 Å². The van der Waals surface area contributed by atoms with Gasteiger partial charge in [0.15, 0.2) is 0 Å². The van der Waals surface area contributed by atoms with Gasteiger partial charge in [0.2, 0.25) is 0 Å². The van der Waals surface area contributed by atoms with E-state index in [1.807, 2.05) is 30.3 Å². The summed E-state index contributed by atoms with van der Waals surface area (Å²) in [5.41, 5.74) is 1.51. The third kappa shape index (κ3) is 5.31. The third-order valence-electron chi connectivity index (χ3n) is 3.18. The smallest absolute Gasteiger partial charge is 0.267 e. The van der Waals surface area contributed by atoms with Gasteiger partial charge in [0.05, 0.1) is 10.7 Å². The summed E-state index contributed by atoms with van der Waals surface area (Å²) in [6.07, 6.45) is 2.12. The number of hydrogen-bond acceptors (Lipinski definition) is 3. The molecule has 0 spiro atoms. The fourth-order valence-electron chi connectivity index (χ4n) is 1.98. The molecule has 1 amide bonds. The second kappa shape index (κ2) is 8.97. The van der Waals surface area contributed by atoms with Crippen molar-refractivity contribution < 1.29 is 4.79 Å². The van der Waals surface area contributed by atoms with Crippen LogP contribution in [0.25, 0.3) is 0 Å². The summed E-state index contributed by atoms with van der Waals surface area (Å²) >= 11 is 11.9. The molecule has 0 atom stereocenters. The van der Waals surface area contributed by atoms with Crippen LogP contribution in [0.3, 0.4) is 0 Å². The van der Waals surface area contributed by atoms with Crippen LogP contribution in [-0.4, -0.2) is 12.5 Å². The molecule has 2 aromatic rings. The lowest BCUT2D eigenvalue weighted by molar-refractivity contribution is -0.112. The maximum atomic E-state index is 12.1. The molecule has 2 rings (SSSR count). The van der Waals surface area contributed by atoms with Crippen molar-refractivity contribution in [1.29, 1.82) is 5.26 Å². The Balaban J connectivity index is 1.90. The maximum absolute atomic E-state index is 12.1. The van der Waals surface area contributed by atoms with Crippen LogP contribution in [0.4, 0.5) is 5.69 Å². The van der Waals surface area contributed by atoms with E-state index in [1.54, 1.807) is 24.3 Å². The van der Waals surface area contributed by atoms with Gasteiger partial charge in [0, 0.05) is 17.8 Å². The van der Waals surface area contributed by atoms with Crippen molar-refractivity contribution in [2.75, 3.05) is 11.9 Å². The first-order chi connectivity index (χ1) is 11.6. The minimum absolute atomic E-state index is 0.0268. The number of benzene rings is 2. The van der Waals surface area contributed by atoms with Crippen LogP contribution in [0.2, 0.25) is 10.0 Å². The molecule has 0 fully saturated rings. The second-order valence-corrected chi connectivity index (χ2v) is 5.78. The normalized spacial score (nSPS) is 10.8. The molecule has 0 aliphatic rings. The monoisotopic (exact) mass is 359 g/mol. The molecule has 4 nitrogen and oxygen atoms in total. The molecule has 0 aliphatic carbocycles. The second-order valence-electron chi connectivity index (χ2n) is 4.94. The lowest BCUT2D eigenvalue weighted by Crippen LogP contribution is -2.18. The van der Waals surface area contributed by atoms with Gasteiger partial charge in [-0.1, -0.05) is 47.5 Å². The van der Waals surface area contributed by atoms with Crippen molar-refractivity contribution in [3.8, 4) is 6.07 Å². The Morgan fingerprint density at radius 2 is 1.96 bits per heavy atom. The van der Waals surface area contributed by atoms with Crippen LogP contribution < -0.4 is 10.6 Å². The summed E-state index contributed by atoms with van der Waals surface area (Å²) in [4.78, 5) is 12.1. The van der Waals surface area contributed by atoms with Crippen LogP contribution in [0.5, 0.6) is 0 Å². The van der Waals surface area contributed by atoms with Crippen molar-refractivity contribution >= 4 is 34.8 Å². The van der Waals surface area contributed by atoms with Crippen LogP contribution >= 0.6 is 23.2 Å². The number of rotatable bonds is 6. The largest absolute Gasteiger partial charge is 0.389 e. The minimum atomic E-state index is -0.513. The number of nitrogens with zero attached hydrogens (tertiary/aromatic N) is 1. The number of nitrogens with one attached hydrogen (secondary N) is 2. The number of halogens is 2. The van der Waals surface area contributed by atoms with E-state index in [2.05, 4.69) is 10.6 Å². The molecule has 0 unspecified atom stereocenters. The van der Waals surface area contributed by atoms with Gasteiger partial charge in [-0.05, 0) is 36.2 Å². The molecule has 0 bridgehead atoms. The van der Waals surface area contributed by atoms with Gasteiger partial charge in [-0.2, -0.15) is 5.26 Å². The Morgan fingerprint density at radius 1 is 1.17 bits per heavy atom. The van der Waals surface area contributed by atoms with E-state index in [-0.39, 0.29) is 5.57 Å². The van der Waals surface area contributed by atoms with Gasteiger partial charge < -0.3 is 10.6 Å². The van der Waals surface area contributed by atoms with E-state index in [4.69, 9.17) is 28.5 Å². The van der Waals surface area contributed by atoms with Crippen LogP contribution in [0.15, 0.2) is 60.3 Å². The van der Waals surface area contributed by atoms with E-state index in [0.29, 0.717) is 22.3 Å². The number of carbonyl (C=O) groups is 1. The quantitative estimate of drug-likeness (QED) is 0.462. The average Bonchev–Trinajstić information content (AvgIpc) is 2.57. The molecule has 122 valence electrons. The SMILES string of the molecule is N#C/C(=C/NCCc1cccc(Cl)c1)C(=O)Nc1ccccc1Cl. The molecule has 0 saturated carbocycles. The highest BCUT2D eigenvalue weighted by Gasteiger charge is 2.10. The molecule has 2 aromatic carbocycles. The summed E-state index contributed by atoms with van der Waals surface area (Å²) in [6.45, 7) is 0.574. The molecule has 0 radical (unpaired) electrons. The fraction of sp³-hybridized carbons (Fsp3) is 0.111. The highest BCUT2D eigenvalue weighted by molar-refractivity contribution is 6.34. The summed E-state index contributed by atoms with van der Waals surface area (Å²) < 4.78 is 0. The first kappa shape index (κ1) is 17.9. The molecule has 24 heavy (non-hydrogen) atoms. The molecule has 0 aromatic heterocycles. The Hall–Kier alpha value is -2.48. The van der Waals surface area contributed by atoms with Crippen LogP contribution in [-0.2, 0) is 11.2 Å². The molecular formula is C18H15Cl2N3O. The molecule has 0 saturated heterocycles. The molecule has 0 aliphatic heterocycles. The Labute approximate surface area is 150 Å². The number of amides is 1. The molecule has 2 N–H and O–H groups in total. The molecule has 6 heteroatoms. The lowest BCUT2D eigenvalue weighted by atomic mass is 10.1. The van der Waals surface area contributed by atoms with Crippen molar-refractivity contribution in [3.63, 3.8) is 0 Å². The highest BCUT2D eigenvalue weighted by atomic mass is 35.5. The molecular weight excluding hydrogens is 345 g/mol. The predicted molar refractivity (Wildman–Crippen MR) is 96.9 cm³/mol. The first-order valence-corrected chi connectivity index (χ1v) is 7.99. The summed E-state index contributed by atoms with van der Waals surface area (Å²) in [5, 5.41) is 15.8. The number of carbonyl (C=O) groups excluding carboxylic acids is 1. The topological polar surface area (TPSA) is 64.9 Å². The fourth-order valence-corrected chi connectivity index (χ4v) is 2.38. The van der Waals surface area contributed by atoms with E-state index in [9.17, 15) is 4.79 Å². The highest BCUT2D eigenvalue weighted by Crippen LogP contribution is 2.20.